The second-order valence-corrected chi connectivity index (χ2v) is 4.20. The number of aromatic nitrogens is 5. The Morgan fingerprint density at radius 1 is 1.53 bits per heavy atom. The number of nitrogens with zero attached hydrogens (tertiary/aromatic N) is 5. The van der Waals surface area contributed by atoms with Gasteiger partial charge in [0.2, 0.25) is 5.82 Å². The van der Waals surface area contributed by atoms with Crippen LogP contribution in [0, 0.1) is 6.92 Å². The number of piperidine rings is 1. The van der Waals surface area contributed by atoms with Crippen LogP contribution in [0.3, 0.4) is 0 Å². The van der Waals surface area contributed by atoms with Gasteiger partial charge in [-0.15, -0.1) is 5.10 Å². The molecule has 2 aromatic heterocycles. The minimum absolute atomic E-state index is 0.369. The van der Waals surface area contributed by atoms with Crippen LogP contribution >= 0.6 is 0 Å². The van der Waals surface area contributed by atoms with Crippen LogP contribution in [0.25, 0.3) is 11.7 Å². The molecule has 1 unspecified atom stereocenters. The molecule has 0 bridgehead atoms. The van der Waals surface area contributed by atoms with Gasteiger partial charge in [-0.3, -0.25) is 0 Å². The van der Waals surface area contributed by atoms with Crippen LogP contribution in [0.4, 0.5) is 0 Å². The highest BCUT2D eigenvalue weighted by Gasteiger charge is 2.18. The molecule has 0 amide bonds. The van der Waals surface area contributed by atoms with Gasteiger partial charge in [0, 0.05) is 6.54 Å². The first-order valence-electron chi connectivity index (χ1n) is 5.75. The van der Waals surface area contributed by atoms with Crippen molar-refractivity contribution in [1.82, 2.24) is 30.2 Å². The third-order valence-corrected chi connectivity index (χ3v) is 2.87. The predicted octanol–water partition coefficient (Wildman–Crippen LogP) is 0.561. The van der Waals surface area contributed by atoms with Crippen LogP contribution in [-0.4, -0.2) is 38.0 Å². The largest absolute Gasteiger partial charge is 0.330 e. The Balaban J connectivity index is 1.82. The quantitative estimate of drug-likeness (QED) is 0.817. The van der Waals surface area contributed by atoms with E-state index in [0.29, 0.717) is 23.6 Å². The summed E-state index contributed by atoms with van der Waals surface area (Å²) in [5.41, 5.74) is 0. The average molecular weight is 234 g/mol. The van der Waals surface area contributed by atoms with Gasteiger partial charge in [-0.1, -0.05) is 5.16 Å². The van der Waals surface area contributed by atoms with Gasteiger partial charge in [0.1, 0.15) is 6.33 Å². The zero-order valence-electron chi connectivity index (χ0n) is 9.63. The van der Waals surface area contributed by atoms with Crippen molar-refractivity contribution in [3.05, 3.63) is 12.2 Å². The lowest BCUT2D eigenvalue weighted by molar-refractivity contribution is 0.345. The van der Waals surface area contributed by atoms with E-state index in [1.54, 1.807) is 13.3 Å². The number of rotatable bonds is 2. The van der Waals surface area contributed by atoms with E-state index in [4.69, 9.17) is 4.52 Å². The van der Waals surface area contributed by atoms with Gasteiger partial charge in [0.05, 0.1) is 6.04 Å². The highest BCUT2D eigenvalue weighted by molar-refractivity contribution is 5.37. The summed E-state index contributed by atoms with van der Waals surface area (Å²) in [6.45, 7) is 3.79. The second-order valence-electron chi connectivity index (χ2n) is 4.20. The molecule has 0 aromatic carbocycles. The maximum Gasteiger partial charge on any atom is 0.297 e. The van der Waals surface area contributed by atoms with E-state index >= 15 is 0 Å². The lowest BCUT2D eigenvalue weighted by Gasteiger charge is -2.22. The molecular weight excluding hydrogens is 220 g/mol. The lowest BCUT2D eigenvalue weighted by atomic mass is 10.1. The molecule has 1 fully saturated rings. The van der Waals surface area contributed by atoms with E-state index in [9.17, 15) is 0 Å². The first kappa shape index (κ1) is 10.4. The van der Waals surface area contributed by atoms with Crippen molar-refractivity contribution in [2.45, 2.75) is 25.8 Å². The summed E-state index contributed by atoms with van der Waals surface area (Å²) in [6, 6.07) is 0.369. The van der Waals surface area contributed by atoms with Crippen molar-refractivity contribution < 1.29 is 4.52 Å². The van der Waals surface area contributed by atoms with E-state index in [-0.39, 0.29) is 0 Å². The van der Waals surface area contributed by atoms with Crippen LogP contribution < -0.4 is 5.32 Å². The van der Waals surface area contributed by atoms with Crippen molar-refractivity contribution >= 4 is 0 Å². The number of hydrogen-bond donors (Lipinski definition) is 1. The van der Waals surface area contributed by atoms with Gasteiger partial charge in [-0.05, 0) is 26.3 Å². The van der Waals surface area contributed by atoms with Crippen LogP contribution in [0.1, 0.15) is 24.7 Å². The Bertz CT molecular complexity index is 498. The molecule has 1 aliphatic heterocycles. The molecule has 7 nitrogen and oxygen atoms in total. The van der Waals surface area contributed by atoms with E-state index in [0.717, 1.165) is 19.5 Å². The summed E-state index contributed by atoms with van der Waals surface area (Å²) >= 11 is 0. The molecule has 0 spiro atoms. The molecule has 1 N–H and O–H groups in total. The molecule has 1 saturated heterocycles. The molecule has 3 heterocycles. The van der Waals surface area contributed by atoms with Gasteiger partial charge < -0.3 is 9.84 Å². The van der Waals surface area contributed by atoms with Gasteiger partial charge in [-0.25, -0.2) is 9.67 Å². The van der Waals surface area contributed by atoms with Gasteiger partial charge in [0.15, 0.2) is 5.82 Å². The molecule has 1 atom stereocenters. The maximum absolute atomic E-state index is 5.04. The molecule has 17 heavy (non-hydrogen) atoms. The molecule has 1 aliphatic rings. The number of hydrogen-bond acceptors (Lipinski definition) is 6. The van der Waals surface area contributed by atoms with Crippen molar-refractivity contribution in [1.29, 1.82) is 0 Å². The van der Waals surface area contributed by atoms with E-state index in [2.05, 4.69) is 25.5 Å². The minimum Gasteiger partial charge on any atom is -0.330 e. The van der Waals surface area contributed by atoms with Gasteiger partial charge in [-0.2, -0.15) is 4.98 Å². The van der Waals surface area contributed by atoms with Gasteiger partial charge in [0.25, 0.3) is 5.89 Å². The molecule has 0 radical (unpaired) electrons. The van der Waals surface area contributed by atoms with Crippen LogP contribution in [0.2, 0.25) is 0 Å². The van der Waals surface area contributed by atoms with Crippen molar-refractivity contribution in [3.63, 3.8) is 0 Å². The molecule has 2 aromatic rings. The summed E-state index contributed by atoms with van der Waals surface area (Å²) < 4.78 is 6.91. The van der Waals surface area contributed by atoms with E-state index in [1.165, 1.54) is 6.42 Å². The Morgan fingerprint density at radius 3 is 3.18 bits per heavy atom. The number of aryl methyl sites for hydroxylation is 1. The lowest BCUT2D eigenvalue weighted by Crippen LogP contribution is -2.31. The monoisotopic (exact) mass is 234 g/mol. The Hall–Kier alpha value is -1.76. The Morgan fingerprint density at radius 2 is 2.47 bits per heavy atom. The van der Waals surface area contributed by atoms with E-state index in [1.807, 2.05) is 4.68 Å². The summed E-state index contributed by atoms with van der Waals surface area (Å²) in [6.07, 6.45) is 4.02. The third kappa shape index (κ3) is 2.05. The van der Waals surface area contributed by atoms with Crippen molar-refractivity contribution in [3.8, 4) is 11.7 Å². The molecule has 0 aliphatic carbocycles. The predicted molar refractivity (Wildman–Crippen MR) is 59.2 cm³/mol. The standard InChI is InChI=1S/C10H14N6O/c1-7-13-10(17-15-7)9-12-6-16(14-9)8-3-2-4-11-5-8/h6,8,11H,2-5H2,1H3. The smallest absolute Gasteiger partial charge is 0.297 e. The zero-order valence-corrected chi connectivity index (χ0v) is 9.63. The van der Waals surface area contributed by atoms with Crippen LogP contribution in [-0.2, 0) is 0 Å². The van der Waals surface area contributed by atoms with Crippen LogP contribution in [0.15, 0.2) is 10.9 Å². The fourth-order valence-electron chi connectivity index (χ4n) is 2.00. The average Bonchev–Trinajstić information content (AvgIpc) is 2.98. The highest BCUT2D eigenvalue weighted by atomic mass is 16.5. The second kappa shape index (κ2) is 4.25. The van der Waals surface area contributed by atoms with Crippen molar-refractivity contribution in [2.24, 2.45) is 0 Å². The van der Waals surface area contributed by atoms with Crippen molar-refractivity contribution in [2.75, 3.05) is 13.1 Å². The Kier molecular flexibility index (Phi) is 2.60. The topological polar surface area (TPSA) is 81.7 Å². The summed E-state index contributed by atoms with van der Waals surface area (Å²) in [5, 5.41) is 11.5. The third-order valence-electron chi connectivity index (χ3n) is 2.87. The molecule has 7 heteroatoms. The van der Waals surface area contributed by atoms with Crippen LogP contribution in [0.5, 0.6) is 0 Å². The fraction of sp³-hybridized carbons (Fsp3) is 0.600. The number of nitrogens with one attached hydrogen (secondary N) is 1. The first-order chi connectivity index (χ1) is 8.33. The van der Waals surface area contributed by atoms with Gasteiger partial charge >= 0.3 is 0 Å². The van der Waals surface area contributed by atoms with E-state index < -0.39 is 0 Å². The SMILES string of the molecule is Cc1noc(-c2ncn(C3CCCNC3)n2)n1. The Labute approximate surface area is 98.2 Å². The fourth-order valence-corrected chi connectivity index (χ4v) is 2.00. The maximum atomic E-state index is 5.04. The molecule has 0 saturated carbocycles. The minimum atomic E-state index is 0.369. The highest BCUT2D eigenvalue weighted by Crippen LogP contribution is 2.17. The zero-order chi connectivity index (χ0) is 11.7. The molecule has 90 valence electrons. The summed E-state index contributed by atoms with van der Waals surface area (Å²) in [7, 11) is 0. The normalized spacial score (nSPS) is 20.6. The first-order valence-corrected chi connectivity index (χ1v) is 5.75. The molecular formula is C10H14N6O. The molecule has 3 rings (SSSR count). The summed E-state index contributed by atoms with van der Waals surface area (Å²) in [5.74, 6) is 1.47. The summed E-state index contributed by atoms with van der Waals surface area (Å²) in [4.78, 5) is 8.31.